The molecule has 16 heteroatoms. The number of allylic oxidation sites excluding steroid dienone is 2. The summed E-state index contributed by atoms with van der Waals surface area (Å²) in [5, 5.41) is 6.33. The maximum absolute atomic E-state index is 13.8. The van der Waals surface area contributed by atoms with E-state index in [9.17, 15) is 9.59 Å². The highest BCUT2D eigenvalue weighted by Gasteiger charge is 2.50. The number of hydrogen-bond acceptors (Lipinski definition) is 10. The fourth-order valence-corrected chi connectivity index (χ4v) is 10.5. The molecule has 14 nitrogen and oxygen atoms in total. The number of aromatic nitrogens is 2. The first kappa shape index (κ1) is 65.5. The third kappa shape index (κ3) is 20.9. The number of benzene rings is 3. The summed E-state index contributed by atoms with van der Waals surface area (Å²) < 4.78 is 43.1. The first-order chi connectivity index (χ1) is 41.0. The quantitative estimate of drug-likeness (QED) is 0.00908. The van der Waals surface area contributed by atoms with Crippen molar-refractivity contribution in [3.05, 3.63) is 152 Å². The van der Waals surface area contributed by atoms with Gasteiger partial charge >= 0.3 is 5.69 Å². The molecule has 0 amide bonds. The number of H-pyrrole nitrogens is 1. The van der Waals surface area contributed by atoms with Gasteiger partial charge in [0.2, 0.25) is 6.54 Å². The van der Waals surface area contributed by atoms with Gasteiger partial charge in [0.1, 0.15) is 42.1 Å². The van der Waals surface area contributed by atoms with Crippen LogP contribution in [0.1, 0.15) is 83.2 Å². The Kier molecular flexibility index (Phi) is 28.8. The first-order valence-corrected chi connectivity index (χ1v) is 28.3. The summed E-state index contributed by atoms with van der Waals surface area (Å²) in [5.41, 5.74) is 0.0803. The van der Waals surface area contributed by atoms with Crippen molar-refractivity contribution >= 4 is 25.9 Å². The van der Waals surface area contributed by atoms with Crippen LogP contribution < -0.4 is 31.4 Å². The second-order valence-electron chi connectivity index (χ2n) is 18.4. The van der Waals surface area contributed by atoms with Crippen molar-refractivity contribution in [3.8, 4) is 130 Å². The molecular weight excluding hydrogens is 1090 g/mol. The van der Waals surface area contributed by atoms with Crippen molar-refractivity contribution in [3.63, 3.8) is 0 Å². The number of hydrogen-bond donors (Lipinski definition) is 3. The molecule has 424 valence electrons. The molecule has 3 aromatic carbocycles. The molecule has 0 bridgehead atoms. The maximum atomic E-state index is 13.8. The van der Waals surface area contributed by atoms with E-state index in [0.29, 0.717) is 29.6 Å². The molecule has 4 aromatic rings. The van der Waals surface area contributed by atoms with Gasteiger partial charge in [-0.05, 0) is 161 Å². The van der Waals surface area contributed by atoms with Crippen LogP contribution in [0.25, 0.3) is 4.85 Å². The van der Waals surface area contributed by atoms with Gasteiger partial charge in [-0.25, -0.2) is 16.0 Å². The van der Waals surface area contributed by atoms with E-state index in [1.54, 1.807) is 21.1 Å². The van der Waals surface area contributed by atoms with Crippen molar-refractivity contribution in [2.45, 2.75) is 96.4 Å². The van der Waals surface area contributed by atoms with Crippen LogP contribution in [-0.2, 0) is 24.1 Å². The average Bonchev–Trinajstić information content (AvgIpc) is 1.78. The van der Waals surface area contributed by atoms with Gasteiger partial charge in [-0.3, -0.25) is 19.7 Å². The van der Waals surface area contributed by atoms with Crippen molar-refractivity contribution < 1.29 is 28.0 Å². The molecule has 1 saturated heterocycles. The summed E-state index contributed by atoms with van der Waals surface area (Å²) in [6.07, 6.45) is 5.92. The van der Waals surface area contributed by atoms with E-state index in [1.165, 1.54) is 16.8 Å². The molecule has 5 atom stereocenters. The summed E-state index contributed by atoms with van der Waals surface area (Å²) in [6.45, 7) is 18.4. The predicted octanol–water partition coefficient (Wildman–Crippen LogP) is 8.33. The second-order valence-corrected chi connectivity index (χ2v) is 20.2. The number of unbranched alkanes of at least 4 members (excludes halogenated alkanes) is 2. The number of nitrogens with zero attached hydrogens (tertiary/aromatic N) is 3. The monoisotopic (exact) mass is 1150 g/mol. The Morgan fingerprint density at radius 1 is 0.762 bits per heavy atom. The second kappa shape index (κ2) is 36.9. The number of methoxy groups -OCH3 is 2. The number of thiocarbonyl (C=S) groups is 1. The Balaban J connectivity index is 1.34. The van der Waals surface area contributed by atoms with Crippen LogP contribution in [-0.4, -0.2) is 84.1 Å². The minimum Gasteiger partial charge on any atom is -0.497 e. The van der Waals surface area contributed by atoms with Crippen molar-refractivity contribution in [1.29, 1.82) is 0 Å². The van der Waals surface area contributed by atoms with Crippen LogP contribution in [0, 0.1) is 131 Å². The smallest absolute Gasteiger partial charge is 0.330 e. The summed E-state index contributed by atoms with van der Waals surface area (Å²) >= 11 is 5.39. The lowest BCUT2D eigenvalue weighted by Gasteiger charge is -2.39. The highest BCUT2D eigenvalue weighted by atomic mass is 32.1. The number of nitrogens with one attached hydrogen (secondary N) is 3. The Morgan fingerprint density at radius 3 is 1.81 bits per heavy atom. The van der Waals surface area contributed by atoms with E-state index < -0.39 is 49.7 Å². The molecule has 1 aliphatic heterocycles. The molecule has 0 spiro atoms. The molecule has 1 aromatic heterocycles. The fraction of sp³-hybridized carbons (Fsp3) is 0.324. The van der Waals surface area contributed by atoms with E-state index in [-0.39, 0.29) is 31.8 Å². The van der Waals surface area contributed by atoms with Crippen LogP contribution in [0.4, 0.5) is 0 Å². The molecule has 0 aliphatic carbocycles. The molecule has 2 unspecified atom stereocenters. The lowest BCUT2D eigenvalue weighted by Crippen LogP contribution is -2.41. The minimum absolute atomic E-state index is 0.00925. The third-order valence-corrected chi connectivity index (χ3v) is 14.6. The lowest BCUT2D eigenvalue weighted by molar-refractivity contribution is -0.0932. The summed E-state index contributed by atoms with van der Waals surface area (Å²) in [7, 11) is 1.43. The predicted molar refractivity (Wildman–Crippen MR) is 333 cm³/mol. The zero-order valence-corrected chi connectivity index (χ0v) is 49.6. The fourth-order valence-electron chi connectivity index (χ4n) is 8.59. The van der Waals surface area contributed by atoms with Gasteiger partial charge in [-0.15, -0.1) is 0 Å². The molecule has 5 rings (SSSR count). The number of rotatable bonds is 24. The Morgan fingerprint density at radius 2 is 1.30 bits per heavy atom. The largest absolute Gasteiger partial charge is 0.497 e. The first-order valence-electron chi connectivity index (χ1n) is 26.7. The summed E-state index contributed by atoms with van der Waals surface area (Å²) in [4.78, 5) is 32.3. The number of ether oxygens (including phenoxy) is 4. The topological polar surface area (TPSA) is 142 Å². The van der Waals surface area contributed by atoms with Gasteiger partial charge in [-0.1, -0.05) is 72.7 Å². The molecular formula is C68H63N6O8PS. The molecule has 0 radical (unpaired) electrons. The van der Waals surface area contributed by atoms with Crippen LogP contribution in [0.3, 0.4) is 0 Å². The molecule has 1 fully saturated rings. The van der Waals surface area contributed by atoms with Gasteiger partial charge in [0.15, 0.2) is 5.11 Å². The highest BCUT2D eigenvalue weighted by Crippen LogP contribution is 2.52. The Bertz CT molecular complexity index is 3680. The van der Waals surface area contributed by atoms with Crippen LogP contribution in [0.5, 0.6) is 11.5 Å². The zero-order valence-electron chi connectivity index (χ0n) is 47.9. The third-order valence-electron chi connectivity index (χ3n) is 12.2. The van der Waals surface area contributed by atoms with E-state index in [1.807, 2.05) is 78.9 Å². The Hall–Kier alpha value is -9.31. The number of aromatic amines is 1. The average molecular weight is 1160 g/mol. The molecule has 1 aliphatic rings. The van der Waals surface area contributed by atoms with Gasteiger partial charge in [0.05, 0.1) is 20.8 Å². The van der Waals surface area contributed by atoms with Crippen LogP contribution in [0.2, 0.25) is 0 Å². The highest BCUT2D eigenvalue weighted by molar-refractivity contribution is 7.80. The van der Waals surface area contributed by atoms with Crippen molar-refractivity contribution in [2.75, 3.05) is 40.5 Å². The molecule has 84 heavy (non-hydrogen) atoms. The van der Waals surface area contributed by atoms with E-state index >= 15 is 0 Å². The minimum atomic E-state index is -1.82. The summed E-state index contributed by atoms with van der Waals surface area (Å²) in [5.74, 6) is 49.6. The van der Waals surface area contributed by atoms with E-state index in [2.05, 4.69) is 184 Å². The maximum Gasteiger partial charge on any atom is 0.330 e. The van der Waals surface area contributed by atoms with E-state index in [0.717, 1.165) is 36.0 Å². The van der Waals surface area contributed by atoms with Gasteiger partial charge in [0, 0.05) is 102 Å². The lowest BCUT2D eigenvalue weighted by atomic mass is 9.80. The SMILES string of the molecule is [C-]#[N+]CCOP(OC1[C@@H](COC(c2ccccc2)(c2ccc(OC)cc2)c2ccc(OC)cc2)O[C@@H](n2ccc(=O)[nH]c2=O)[C@H]1C/C=C/CCCCNC(=S)NC#CC#CC#CC#CC#CC#CC#CC#CC#CC#CC)N(C(C)C)C(C)C. The summed E-state index contributed by atoms with van der Waals surface area (Å²) in [6, 6.07) is 29.4. The normalized spacial score (nSPS) is 14.7. The van der Waals surface area contributed by atoms with E-state index in [4.69, 9.17) is 46.8 Å². The molecule has 2 heterocycles. The van der Waals surface area contributed by atoms with Gasteiger partial charge in [-0.2, -0.15) is 0 Å². The molecule has 0 saturated carbocycles. The van der Waals surface area contributed by atoms with Gasteiger partial charge in [0.25, 0.3) is 14.1 Å². The standard InChI is InChI=1S/C68H63N6O8PS/c1-9-10-11-12-13-14-15-16-17-18-19-20-21-22-23-24-25-28-34-48-70-66(84)71-49-35-29-26-27-33-38-61-64(82-83(80-52-50-69-6)74(54(2)3)55(4)5)62(81-65(61)73-51-47-63(75)72-67(73)76)53-79-68(56-36-31-30-32-37-56,57-39-43-59(77-7)44-40-57)58-41-45-60(78-8)46-42-58/h27,30-33,36-37,39-47,51,54-55,61-62,64-65H,26,29,35,38,49-50,52-53H2,1-5,7-8H3,(H2,70,71,84)(H,72,75,76)/b33-27+/t61-,62+,64?,65+,83?/m0/s1. The molecule has 3 N–H and O–H groups in total. The van der Waals surface area contributed by atoms with Crippen molar-refractivity contribution in [1.82, 2.24) is 24.9 Å². The Labute approximate surface area is 501 Å². The van der Waals surface area contributed by atoms with Crippen molar-refractivity contribution in [2.24, 2.45) is 5.92 Å². The van der Waals surface area contributed by atoms with Crippen LogP contribution in [0.15, 0.2) is 113 Å². The zero-order chi connectivity index (χ0) is 60.2. The van der Waals surface area contributed by atoms with Gasteiger partial charge < -0.3 is 38.2 Å². The van der Waals surface area contributed by atoms with Crippen LogP contribution >= 0.6 is 20.7 Å².